The Labute approximate surface area is 153 Å². The molecule has 0 aliphatic heterocycles. The first-order chi connectivity index (χ1) is 12.8. The number of carbonyl (C=O) groups excluding carboxylic acids is 2. The molecule has 0 aliphatic rings. The lowest BCUT2D eigenvalue weighted by Gasteiger charge is -2.15. The van der Waals surface area contributed by atoms with Crippen molar-refractivity contribution in [2.45, 2.75) is 13.0 Å². The molecule has 0 aromatic heterocycles. The number of nitrogens with zero attached hydrogens (tertiary/aromatic N) is 1. The Bertz CT molecular complexity index is 856. The number of ether oxygens (including phenoxy) is 2. The van der Waals surface area contributed by atoms with Crippen LogP contribution < -0.4 is 20.3 Å². The van der Waals surface area contributed by atoms with Crippen molar-refractivity contribution in [3.05, 3.63) is 64.0 Å². The number of hydrogen-bond acceptors (Lipinski definition) is 6. The van der Waals surface area contributed by atoms with Gasteiger partial charge in [-0.3, -0.25) is 30.6 Å². The fourth-order valence-electron chi connectivity index (χ4n) is 2.05. The van der Waals surface area contributed by atoms with Crippen LogP contribution in [-0.4, -0.2) is 30.0 Å². The highest BCUT2D eigenvalue weighted by Gasteiger charge is 2.20. The highest BCUT2D eigenvalue weighted by molar-refractivity contribution is 5.98. The number of halogens is 1. The summed E-state index contributed by atoms with van der Waals surface area (Å²) in [5.74, 6) is -1.57. The van der Waals surface area contributed by atoms with E-state index in [0.717, 1.165) is 6.07 Å². The molecule has 0 radical (unpaired) electrons. The van der Waals surface area contributed by atoms with E-state index in [-0.39, 0.29) is 22.7 Å². The largest absolute Gasteiger partial charge is 0.496 e. The molecule has 2 aromatic carbocycles. The van der Waals surface area contributed by atoms with Crippen molar-refractivity contribution in [2.24, 2.45) is 0 Å². The third kappa shape index (κ3) is 5.14. The zero-order valence-electron chi connectivity index (χ0n) is 14.4. The minimum atomic E-state index is -0.997. The molecule has 10 heteroatoms. The highest BCUT2D eigenvalue weighted by Crippen LogP contribution is 2.23. The van der Waals surface area contributed by atoms with Crippen LogP contribution in [0.1, 0.15) is 17.3 Å². The maximum atomic E-state index is 12.9. The van der Waals surface area contributed by atoms with Crippen LogP contribution in [-0.2, 0) is 4.79 Å². The number of nitro benzene ring substituents is 1. The number of hydrazine groups is 1. The molecule has 0 unspecified atom stereocenters. The summed E-state index contributed by atoms with van der Waals surface area (Å²) >= 11 is 0. The summed E-state index contributed by atoms with van der Waals surface area (Å²) in [6, 6.07) is 8.55. The third-order valence-electron chi connectivity index (χ3n) is 3.43. The number of nitrogens with one attached hydrogen (secondary N) is 2. The van der Waals surface area contributed by atoms with Gasteiger partial charge in [0.15, 0.2) is 6.10 Å². The summed E-state index contributed by atoms with van der Waals surface area (Å²) in [4.78, 5) is 34.4. The van der Waals surface area contributed by atoms with Gasteiger partial charge in [-0.2, -0.15) is 0 Å². The Morgan fingerprint density at radius 2 is 1.81 bits per heavy atom. The van der Waals surface area contributed by atoms with Crippen molar-refractivity contribution < 1.29 is 28.4 Å². The van der Waals surface area contributed by atoms with Crippen LogP contribution in [0.5, 0.6) is 11.5 Å². The zero-order chi connectivity index (χ0) is 20.0. The Morgan fingerprint density at radius 1 is 1.15 bits per heavy atom. The second-order valence-electron chi connectivity index (χ2n) is 5.30. The van der Waals surface area contributed by atoms with Crippen molar-refractivity contribution in [3.8, 4) is 11.5 Å². The molecule has 9 nitrogen and oxygen atoms in total. The van der Waals surface area contributed by atoms with Gasteiger partial charge in [-0.05, 0) is 37.3 Å². The topological polar surface area (TPSA) is 120 Å². The van der Waals surface area contributed by atoms with Crippen molar-refractivity contribution in [1.82, 2.24) is 10.9 Å². The maximum absolute atomic E-state index is 12.9. The van der Waals surface area contributed by atoms with E-state index in [1.807, 2.05) is 0 Å². The number of benzene rings is 2. The van der Waals surface area contributed by atoms with Crippen LogP contribution in [0, 0.1) is 15.9 Å². The van der Waals surface area contributed by atoms with Crippen LogP contribution in [0.3, 0.4) is 0 Å². The zero-order valence-corrected chi connectivity index (χ0v) is 14.4. The lowest BCUT2D eigenvalue weighted by atomic mass is 10.1. The van der Waals surface area contributed by atoms with Crippen LogP contribution >= 0.6 is 0 Å². The molecule has 0 bridgehead atoms. The number of non-ortho nitro benzene ring substituents is 1. The quantitative estimate of drug-likeness (QED) is 0.587. The normalized spacial score (nSPS) is 11.2. The molecule has 2 rings (SSSR count). The summed E-state index contributed by atoms with van der Waals surface area (Å²) in [6.07, 6.45) is -0.997. The molecule has 27 heavy (non-hydrogen) atoms. The van der Waals surface area contributed by atoms with Gasteiger partial charge in [0.2, 0.25) is 0 Å². The lowest BCUT2D eigenvalue weighted by Crippen LogP contribution is -2.47. The second-order valence-corrected chi connectivity index (χ2v) is 5.30. The first-order valence-electron chi connectivity index (χ1n) is 7.66. The van der Waals surface area contributed by atoms with Crippen LogP contribution in [0.2, 0.25) is 0 Å². The lowest BCUT2D eigenvalue weighted by molar-refractivity contribution is -0.384. The molecule has 2 N–H and O–H groups in total. The molecule has 0 spiro atoms. The number of nitro groups is 1. The smallest absolute Gasteiger partial charge is 0.279 e. The Hall–Kier alpha value is -3.69. The van der Waals surface area contributed by atoms with Gasteiger partial charge in [-0.1, -0.05) is 0 Å². The SMILES string of the molecule is COc1ccc([N+](=O)[O-])cc1C(=O)NNC(=O)[C@@H](C)Oc1ccc(F)cc1. The molecule has 0 saturated heterocycles. The molecular weight excluding hydrogens is 361 g/mol. The molecule has 1 atom stereocenters. The van der Waals surface area contributed by atoms with Gasteiger partial charge in [0.25, 0.3) is 17.5 Å². The van der Waals surface area contributed by atoms with E-state index in [4.69, 9.17) is 9.47 Å². The number of rotatable bonds is 6. The summed E-state index contributed by atoms with van der Waals surface area (Å²) < 4.78 is 23.2. The van der Waals surface area contributed by atoms with Gasteiger partial charge in [-0.25, -0.2) is 4.39 Å². The molecule has 0 heterocycles. The third-order valence-corrected chi connectivity index (χ3v) is 3.43. The van der Waals surface area contributed by atoms with Crippen molar-refractivity contribution in [2.75, 3.05) is 7.11 Å². The number of carbonyl (C=O) groups is 2. The first-order valence-corrected chi connectivity index (χ1v) is 7.66. The number of hydrogen-bond donors (Lipinski definition) is 2. The van der Waals surface area contributed by atoms with Crippen LogP contribution in [0.25, 0.3) is 0 Å². The summed E-state index contributed by atoms with van der Waals surface area (Å²) in [5.41, 5.74) is 3.85. The van der Waals surface area contributed by atoms with Gasteiger partial charge in [0.05, 0.1) is 17.6 Å². The minimum Gasteiger partial charge on any atom is -0.496 e. The van der Waals surface area contributed by atoms with E-state index < -0.39 is 28.7 Å². The average Bonchev–Trinajstić information content (AvgIpc) is 2.66. The molecule has 0 aliphatic carbocycles. The Morgan fingerprint density at radius 3 is 2.41 bits per heavy atom. The van der Waals surface area contributed by atoms with Crippen molar-refractivity contribution >= 4 is 17.5 Å². The number of methoxy groups -OCH3 is 1. The Balaban J connectivity index is 1.99. The van der Waals surface area contributed by atoms with E-state index in [0.29, 0.717) is 0 Å². The van der Waals surface area contributed by atoms with Gasteiger partial charge in [0, 0.05) is 12.1 Å². The van der Waals surface area contributed by atoms with Gasteiger partial charge < -0.3 is 9.47 Å². The second kappa shape index (κ2) is 8.61. The average molecular weight is 377 g/mol. The van der Waals surface area contributed by atoms with Gasteiger partial charge in [-0.15, -0.1) is 0 Å². The van der Waals surface area contributed by atoms with E-state index >= 15 is 0 Å². The molecule has 2 amide bonds. The van der Waals surface area contributed by atoms with E-state index in [1.165, 1.54) is 50.4 Å². The van der Waals surface area contributed by atoms with Crippen molar-refractivity contribution in [1.29, 1.82) is 0 Å². The maximum Gasteiger partial charge on any atom is 0.279 e. The van der Waals surface area contributed by atoms with E-state index in [1.54, 1.807) is 0 Å². The summed E-state index contributed by atoms with van der Waals surface area (Å²) in [5, 5.41) is 10.8. The van der Waals surface area contributed by atoms with Crippen molar-refractivity contribution in [3.63, 3.8) is 0 Å². The molecule has 142 valence electrons. The molecule has 2 aromatic rings. The monoisotopic (exact) mass is 377 g/mol. The fourth-order valence-corrected chi connectivity index (χ4v) is 2.05. The molecule has 0 saturated carbocycles. The highest BCUT2D eigenvalue weighted by atomic mass is 19.1. The van der Waals surface area contributed by atoms with Gasteiger partial charge in [0.1, 0.15) is 17.3 Å². The first kappa shape index (κ1) is 19.6. The Kier molecular flexibility index (Phi) is 6.26. The predicted octanol–water partition coefficient (Wildman–Crippen LogP) is 1.97. The van der Waals surface area contributed by atoms with Gasteiger partial charge >= 0.3 is 0 Å². The minimum absolute atomic E-state index is 0.1000. The van der Waals surface area contributed by atoms with Crippen LogP contribution in [0.15, 0.2) is 42.5 Å². The van der Waals surface area contributed by atoms with E-state index in [2.05, 4.69) is 10.9 Å². The standard InChI is InChI=1S/C17H16FN3O6/c1-10(27-13-6-3-11(18)4-7-13)16(22)19-20-17(23)14-9-12(21(24)25)5-8-15(14)26-2/h3-10H,1-2H3,(H,19,22)(H,20,23)/t10-/m1/s1. The summed E-state index contributed by atoms with van der Waals surface area (Å²) in [7, 11) is 1.30. The van der Waals surface area contributed by atoms with Crippen LogP contribution in [0.4, 0.5) is 10.1 Å². The molecular formula is C17H16FN3O6. The predicted molar refractivity (Wildman–Crippen MR) is 91.7 cm³/mol. The fraction of sp³-hybridized carbons (Fsp3) is 0.176. The summed E-state index contributed by atoms with van der Waals surface area (Å²) in [6.45, 7) is 1.43. The van der Waals surface area contributed by atoms with E-state index in [9.17, 15) is 24.1 Å². The molecule has 0 fully saturated rings. The number of amides is 2.